The highest BCUT2D eigenvalue weighted by Crippen LogP contribution is 2.35. The minimum atomic E-state index is -1.04. The molecule has 0 aromatic carbocycles. The van der Waals surface area contributed by atoms with E-state index in [9.17, 15) is 14.4 Å². The van der Waals surface area contributed by atoms with Crippen LogP contribution in [0, 0.1) is 11.3 Å². The predicted octanol–water partition coefficient (Wildman–Crippen LogP) is 2.26. The number of rotatable bonds is 6. The number of nitrogens with zero attached hydrogens (tertiary/aromatic N) is 3. The summed E-state index contributed by atoms with van der Waals surface area (Å²) in [5.74, 6) is -1.14. The Morgan fingerprint density at radius 3 is 2.27 bits per heavy atom. The molecule has 10 nitrogen and oxygen atoms in total. The van der Waals surface area contributed by atoms with Crippen LogP contribution < -0.4 is 4.74 Å². The quantitative estimate of drug-likeness (QED) is 0.453. The molecule has 3 rings (SSSR count). The largest absolute Gasteiger partial charge is 0.474 e. The molecule has 172 valence electrons. The molecule has 0 aliphatic carbocycles. The van der Waals surface area contributed by atoms with Gasteiger partial charge in [-0.15, -0.1) is 11.8 Å². The molecule has 1 unspecified atom stereocenters. The van der Waals surface area contributed by atoms with E-state index in [1.807, 2.05) is 6.07 Å². The van der Waals surface area contributed by atoms with Gasteiger partial charge < -0.3 is 18.9 Å². The van der Waals surface area contributed by atoms with Gasteiger partial charge in [-0.3, -0.25) is 19.4 Å². The summed E-state index contributed by atoms with van der Waals surface area (Å²) >= 11 is 1.25. The Balaban J connectivity index is 1.86. The van der Waals surface area contributed by atoms with Crippen molar-refractivity contribution in [2.75, 3.05) is 5.75 Å². The van der Waals surface area contributed by atoms with Crippen molar-refractivity contribution in [3.63, 3.8) is 0 Å². The first-order valence-corrected chi connectivity index (χ1v) is 10.9. The van der Waals surface area contributed by atoms with Gasteiger partial charge in [-0.05, 0) is 18.2 Å². The Kier molecular flexibility index (Phi) is 7.84. The summed E-state index contributed by atoms with van der Waals surface area (Å²) in [5.41, 5.74) is 0.957. The van der Waals surface area contributed by atoms with E-state index in [1.165, 1.54) is 38.7 Å². The van der Waals surface area contributed by atoms with Gasteiger partial charge in [-0.25, -0.2) is 4.98 Å². The van der Waals surface area contributed by atoms with Crippen molar-refractivity contribution >= 4 is 29.7 Å². The van der Waals surface area contributed by atoms with Crippen LogP contribution in [0.25, 0.3) is 11.1 Å². The Bertz CT molecular complexity index is 1070. The number of nitriles is 1. The molecule has 33 heavy (non-hydrogen) atoms. The van der Waals surface area contributed by atoms with Crippen molar-refractivity contribution in [1.29, 1.82) is 5.26 Å². The maximum Gasteiger partial charge on any atom is 0.303 e. The zero-order valence-corrected chi connectivity index (χ0v) is 18.9. The minimum Gasteiger partial charge on any atom is -0.474 e. The van der Waals surface area contributed by atoms with Crippen LogP contribution in [0.4, 0.5) is 0 Å². The highest BCUT2D eigenvalue weighted by molar-refractivity contribution is 7.99. The SMILES string of the molecule is CC(=O)O[C@H]1[C@H](OC(C)=O)CSC(Oc2cncc(-c3ccc(C#N)nc3)c2)[C@@H]1OC(C)=O. The van der Waals surface area contributed by atoms with Crippen molar-refractivity contribution in [3.05, 3.63) is 42.5 Å². The molecule has 0 radical (unpaired) electrons. The van der Waals surface area contributed by atoms with Crippen LogP contribution in [0.2, 0.25) is 0 Å². The number of thioether (sulfide) groups is 1. The molecule has 0 amide bonds. The average molecular weight is 471 g/mol. The molecule has 1 saturated heterocycles. The summed E-state index contributed by atoms with van der Waals surface area (Å²) in [4.78, 5) is 43.2. The van der Waals surface area contributed by atoms with Crippen LogP contribution in [-0.4, -0.2) is 57.4 Å². The molecule has 2 aromatic rings. The zero-order chi connectivity index (χ0) is 24.0. The van der Waals surface area contributed by atoms with Crippen molar-refractivity contribution in [3.8, 4) is 22.9 Å². The van der Waals surface area contributed by atoms with Gasteiger partial charge >= 0.3 is 17.9 Å². The third-order valence-corrected chi connectivity index (χ3v) is 5.70. The first-order chi connectivity index (χ1) is 15.8. The summed E-state index contributed by atoms with van der Waals surface area (Å²) in [5, 5.41) is 8.91. The highest BCUT2D eigenvalue weighted by atomic mass is 32.2. The molecule has 11 heteroatoms. The van der Waals surface area contributed by atoms with Crippen LogP contribution >= 0.6 is 11.8 Å². The monoisotopic (exact) mass is 471 g/mol. The molecule has 1 fully saturated rings. The molecule has 1 aliphatic heterocycles. The van der Waals surface area contributed by atoms with E-state index >= 15 is 0 Å². The maximum atomic E-state index is 11.8. The topological polar surface area (TPSA) is 138 Å². The van der Waals surface area contributed by atoms with Gasteiger partial charge in [0.1, 0.15) is 17.5 Å². The van der Waals surface area contributed by atoms with Gasteiger partial charge in [0.15, 0.2) is 23.7 Å². The summed E-state index contributed by atoms with van der Waals surface area (Å²) < 4.78 is 22.1. The van der Waals surface area contributed by atoms with Crippen molar-refractivity contribution in [2.24, 2.45) is 0 Å². The first-order valence-electron chi connectivity index (χ1n) is 9.88. The molecular weight excluding hydrogens is 450 g/mol. The summed E-state index contributed by atoms with van der Waals surface area (Å²) in [6.07, 6.45) is 1.78. The third kappa shape index (κ3) is 6.43. The van der Waals surface area contributed by atoms with Crippen molar-refractivity contribution < 1.29 is 33.3 Å². The molecule has 0 saturated carbocycles. The Morgan fingerprint density at radius 2 is 1.67 bits per heavy atom. The van der Waals surface area contributed by atoms with Crippen LogP contribution in [0.3, 0.4) is 0 Å². The number of hydrogen-bond donors (Lipinski definition) is 0. The third-order valence-electron chi connectivity index (χ3n) is 4.48. The molecule has 4 atom stereocenters. The molecule has 0 spiro atoms. The van der Waals surface area contributed by atoms with E-state index < -0.39 is 41.7 Å². The number of carbonyl (C=O) groups excluding carboxylic acids is 3. The van der Waals surface area contributed by atoms with Gasteiger partial charge in [-0.2, -0.15) is 5.26 Å². The van der Waals surface area contributed by atoms with Crippen molar-refractivity contribution in [1.82, 2.24) is 9.97 Å². The maximum absolute atomic E-state index is 11.8. The lowest BCUT2D eigenvalue weighted by Gasteiger charge is -2.39. The Hall–Kier alpha value is -3.65. The van der Waals surface area contributed by atoms with Gasteiger partial charge in [0.2, 0.25) is 0 Å². The minimum absolute atomic E-state index is 0.257. The van der Waals surface area contributed by atoms with Crippen LogP contribution in [0.15, 0.2) is 36.8 Å². The lowest BCUT2D eigenvalue weighted by Crippen LogP contribution is -2.55. The van der Waals surface area contributed by atoms with Crippen LogP contribution in [0.1, 0.15) is 26.5 Å². The van der Waals surface area contributed by atoms with Gasteiger partial charge in [0.05, 0.1) is 6.20 Å². The number of esters is 3. The van der Waals surface area contributed by atoms with Gasteiger partial charge in [0.25, 0.3) is 0 Å². The fourth-order valence-electron chi connectivity index (χ4n) is 3.22. The molecule has 0 N–H and O–H groups in total. The molecule has 3 heterocycles. The highest BCUT2D eigenvalue weighted by Gasteiger charge is 2.47. The first kappa shape index (κ1) is 24.0. The van der Waals surface area contributed by atoms with Crippen LogP contribution in [0.5, 0.6) is 5.75 Å². The van der Waals surface area contributed by atoms with Gasteiger partial charge in [-0.1, -0.05) is 0 Å². The smallest absolute Gasteiger partial charge is 0.303 e. The number of pyridine rings is 2. The van der Waals surface area contributed by atoms with E-state index in [2.05, 4.69) is 9.97 Å². The molecule has 2 aromatic heterocycles. The average Bonchev–Trinajstić information content (AvgIpc) is 2.77. The van der Waals surface area contributed by atoms with E-state index in [0.717, 1.165) is 5.56 Å². The van der Waals surface area contributed by atoms with Crippen LogP contribution in [-0.2, 0) is 28.6 Å². The second-order valence-electron chi connectivity index (χ2n) is 7.07. The standard InChI is InChI=1S/C22H21N3O7S/c1-12(26)29-19-11-33-22(21(31-14(3)28)20(19)30-13(2)27)32-18-6-16(8-24-10-18)15-4-5-17(7-23)25-9-15/h4-6,8-10,19-22H,11H2,1-3H3/t19-,20+,21-,22?/m1/s1. The van der Waals surface area contributed by atoms with E-state index in [4.69, 9.17) is 24.2 Å². The van der Waals surface area contributed by atoms with E-state index in [1.54, 1.807) is 30.6 Å². The Morgan fingerprint density at radius 1 is 0.970 bits per heavy atom. The lowest BCUT2D eigenvalue weighted by atomic mass is 10.1. The predicted molar refractivity (Wildman–Crippen MR) is 116 cm³/mol. The zero-order valence-electron chi connectivity index (χ0n) is 18.1. The normalized spacial score (nSPS) is 21.9. The number of ether oxygens (including phenoxy) is 4. The summed E-state index contributed by atoms with van der Waals surface area (Å²) in [7, 11) is 0. The Labute approximate surface area is 194 Å². The molecular formula is C22H21N3O7S. The number of hydrogen-bond acceptors (Lipinski definition) is 11. The fourth-order valence-corrected chi connectivity index (χ4v) is 4.43. The van der Waals surface area contributed by atoms with Crippen molar-refractivity contribution in [2.45, 2.75) is 44.5 Å². The lowest BCUT2D eigenvalue weighted by molar-refractivity contribution is -0.186. The van der Waals surface area contributed by atoms with E-state index in [0.29, 0.717) is 17.0 Å². The van der Waals surface area contributed by atoms with E-state index in [-0.39, 0.29) is 5.75 Å². The second-order valence-corrected chi connectivity index (χ2v) is 8.20. The molecule has 0 bridgehead atoms. The number of carbonyl (C=O) groups is 3. The summed E-state index contributed by atoms with van der Waals surface area (Å²) in [6, 6.07) is 7.02. The number of aromatic nitrogens is 2. The fraction of sp³-hybridized carbons (Fsp3) is 0.364. The molecule has 1 aliphatic rings. The second kappa shape index (κ2) is 10.8. The van der Waals surface area contributed by atoms with Gasteiger partial charge in [0, 0.05) is 50.0 Å². The summed E-state index contributed by atoms with van der Waals surface area (Å²) in [6.45, 7) is 3.68.